The van der Waals surface area contributed by atoms with Crippen molar-refractivity contribution in [1.29, 1.82) is 0 Å². The lowest BCUT2D eigenvalue weighted by Gasteiger charge is -2.16. The predicted octanol–water partition coefficient (Wildman–Crippen LogP) is 3.48. The van der Waals surface area contributed by atoms with Gasteiger partial charge in [-0.05, 0) is 40.5 Å². The molecule has 0 bridgehead atoms. The highest BCUT2D eigenvalue weighted by Crippen LogP contribution is 2.21. The number of hydrogen-bond acceptors (Lipinski definition) is 2. The van der Waals surface area contributed by atoms with Crippen molar-refractivity contribution in [3.63, 3.8) is 0 Å². The van der Waals surface area contributed by atoms with E-state index >= 15 is 0 Å². The van der Waals surface area contributed by atoms with E-state index in [0.29, 0.717) is 34.0 Å². The Morgan fingerprint density at radius 1 is 1.56 bits per heavy atom. The molecule has 0 heterocycles. The molecule has 6 heteroatoms. The molecular formula is C12H14BrCl2NO2. The maximum absolute atomic E-state index is 12.1. The predicted molar refractivity (Wildman–Crippen MR) is 77.6 cm³/mol. The highest BCUT2D eigenvalue weighted by Gasteiger charge is 2.15. The Morgan fingerprint density at radius 3 is 2.89 bits per heavy atom. The molecule has 18 heavy (non-hydrogen) atoms. The number of amides is 1. The second kappa shape index (κ2) is 8.00. The van der Waals surface area contributed by atoms with Crippen molar-refractivity contribution in [2.24, 2.45) is 0 Å². The summed E-state index contributed by atoms with van der Waals surface area (Å²) in [4.78, 5) is 12.1. The van der Waals surface area contributed by atoms with Crippen LogP contribution in [0.15, 0.2) is 22.7 Å². The molecule has 0 saturated heterocycles. The highest BCUT2D eigenvalue weighted by atomic mass is 79.9. The summed E-state index contributed by atoms with van der Waals surface area (Å²) in [6.45, 7) is 0.550. The van der Waals surface area contributed by atoms with Crippen molar-refractivity contribution >= 4 is 45.0 Å². The topological polar surface area (TPSA) is 38.3 Å². The average molecular weight is 355 g/mol. The van der Waals surface area contributed by atoms with E-state index in [4.69, 9.17) is 27.9 Å². The minimum atomic E-state index is -0.203. The first kappa shape index (κ1) is 15.8. The summed E-state index contributed by atoms with van der Waals surface area (Å²) >= 11 is 15.0. The number of ether oxygens (including phenoxy) is 1. The largest absolute Gasteiger partial charge is 0.385 e. The molecule has 1 N–H and O–H groups in total. The first-order valence-electron chi connectivity index (χ1n) is 5.39. The molecule has 1 aromatic rings. The van der Waals surface area contributed by atoms with Crippen LogP contribution >= 0.6 is 39.1 Å². The zero-order valence-corrected chi connectivity index (χ0v) is 13.0. The number of methoxy groups -OCH3 is 1. The van der Waals surface area contributed by atoms with Gasteiger partial charge in [0, 0.05) is 35.1 Å². The van der Waals surface area contributed by atoms with Gasteiger partial charge >= 0.3 is 0 Å². The lowest BCUT2D eigenvalue weighted by Crippen LogP contribution is -2.37. The minimum absolute atomic E-state index is 0.120. The van der Waals surface area contributed by atoms with Crippen LogP contribution in [0, 0.1) is 0 Å². The molecule has 0 radical (unpaired) electrons. The van der Waals surface area contributed by atoms with Gasteiger partial charge in [-0.2, -0.15) is 0 Å². The monoisotopic (exact) mass is 353 g/mol. The van der Waals surface area contributed by atoms with Gasteiger partial charge in [0.25, 0.3) is 5.91 Å². The lowest BCUT2D eigenvalue weighted by atomic mass is 10.2. The van der Waals surface area contributed by atoms with E-state index in [1.54, 1.807) is 25.3 Å². The molecule has 1 amide bonds. The quantitative estimate of drug-likeness (QED) is 0.794. The number of benzene rings is 1. The van der Waals surface area contributed by atoms with Crippen LogP contribution in [0.2, 0.25) is 5.02 Å². The zero-order valence-electron chi connectivity index (χ0n) is 9.88. The van der Waals surface area contributed by atoms with Gasteiger partial charge in [-0.1, -0.05) is 11.6 Å². The summed E-state index contributed by atoms with van der Waals surface area (Å²) < 4.78 is 5.66. The van der Waals surface area contributed by atoms with E-state index in [1.165, 1.54) is 0 Å². The van der Waals surface area contributed by atoms with Gasteiger partial charge in [0.15, 0.2) is 0 Å². The fourth-order valence-electron chi connectivity index (χ4n) is 1.38. The number of carbonyl (C=O) groups is 1. The summed E-state index contributed by atoms with van der Waals surface area (Å²) in [7, 11) is 1.61. The third kappa shape index (κ3) is 4.76. The Bertz CT molecular complexity index is 415. The number of halogens is 3. The molecule has 0 aliphatic carbocycles. The first-order valence-corrected chi connectivity index (χ1v) is 7.09. The van der Waals surface area contributed by atoms with Gasteiger partial charge in [0.1, 0.15) is 0 Å². The molecule has 0 fully saturated rings. The first-order chi connectivity index (χ1) is 8.58. The molecule has 1 rings (SSSR count). The number of rotatable bonds is 6. The van der Waals surface area contributed by atoms with E-state index < -0.39 is 0 Å². The second-order valence-corrected chi connectivity index (χ2v) is 5.33. The number of nitrogens with one attached hydrogen (secondary N) is 1. The van der Waals surface area contributed by atoms with Gasteiger partial charge in [0.05, 0.1) is 5.56 Å². The number of carbonyl (C=O) groups excluding carboxylic acids is 1. The summed E-state index contributed by atoms with van der Waals surface area (Å²) in [6, 6.07) is 4.95. The van der Waals surface area contributed by atoms with Gasteiger partial charge in [0.2, 0.25) is 0 Å². The maximum Gasteiger partial charge on any atom is 0.252 e. The molecule has 100 valence electrons. The Morgan fingerprint density at radius 2 is 2.28 bits per heavy atom. The fraction of sp³-hybridized carbons (Fsp3) is 0.417. The SMILES string of the molecule is COCCC(CCl)NC(=O)c1cc(Cl)ccc1Br. The molecule has 1 atom stereocenters. The normalized spacial score (nSPS) is 12.2. The third-order valence-electron chi connectivity index (χ3n) is 2.36. The van der Waals surface area contributed by atoms with E-state index in [2.05, 4.69) is 21.2 Å². The second-order valence-electron chi connectivity index (χ2n) is 3.73. The average Bonchev–Trinajstić information content (AvgIpc) is 2.37. The van der Waals surface area contributed by atoms with Gasteiger partial charge in [-0.15, -0.1) is 11.6 Å². The third-order valence-corrected chi connectivity index (χ3v) is 3.66. The summed E-state index contributed by atoms with van der Waals surface area (Å²) in [5, 5.41) is 3.36. The molecular weight excluding hydrogens is 341 g/mol. The Balaban J connectivity index is 2.71. The maximum atomic E-state index is 12.1. The Hall–Kier alpha value is -0.290. The lowest BCUT2D eigenvalue weighted by molar-refractivity contribution is 0.0929. The molecule has 3 nitrogen and oxygen atoms in total. The van der Waals surface area contributed by atoms with Crippen molar-refractivity contribution in [2.75, 3.05) is 19.6 Å². The van der Waals surface area contributed by atoms with Crippen molar-refractivity contribution in [1.82, 2.24) is 5.32 Å². The van der Waals surface area contributed by atoms with Crippen LogP contribution in [0.1, 0.15) is 16.8 Å². The summed E-state index contributed by atoms with van der Waals surface area (Å²) in [6.07, 6.45) is 0.671. The van der Waals surface area contributed by atoms with Crippen molar-refractivity contribution < 1.29 is 9.53 Å². The number of alkyl halides is 1. The van der Waals surface area contributed by atoms with E-state index in [-0.39, 0.29) is 11.9 Å². The highest BCUT2D eigenvalue weighted by molar-refractivity contribution is 9.10. The van der Waals surface area contributed by atoms with E-state index in [9.17, 15) is 4.79 Å². The van der Waals surface area contributed by atoms with E-state index in [0.717, 1.165) is 0 Å². The molecule has 0 aliphatic rings. The van der Waals surface area contributed by atoms with Crippen LogP contribution in [0.5, 0.6) is 0 Å². The molecule has 0 saturated carbocycles. The number of hydrogen-bond donors (Lipinski definition) is 1. The van der Waals surface area contributed by atoms with Crippen LogP contribution in [0.4, 0.5) is 0 Å². The van der Waals surface area contributed by atoms with Crippen molar-refractivity contribution in [3.8, 4) is 0 Å². The standard InChI is InChI=1S/C12H14BrCl2NO2/c1-18-5-4-9(7-14)16-12(17)10-6-8(15)2-3-11(10)13/h2-3,6,9H,4-5,7H2,1H3,(H,16,17). The summed E-state index contributed by atoms with van der Waals surface area (Å²) in [5.74, 6) is 0.138. The fourth-order valence-corrected chi connectivity index (χ4v) is 2.21. The molecule has 0 spiro atoms. The van der Waals surface area contributed by atoms with Crippen LogP contribution in [-0.4, -0.2) is 31.5 Å². The van der Waals surface area contributed by atoms with Crippen LogP contribution in [0.3, 0.4) is 0 Å². The van der Waals surface area contributed by atoms with Crippen LogP contribution in [0.25, 0.3) is 0 Å². The van der Waals surface area contributed by atoms with Crippen molar-refractivity contribution in [3.05, 3.63) is 33.3 Å². The smallest absolute Gasteiger partial charge is 0.252 e. The molecule has 0 aliphatic heterocycles. The van der Waals surface area contributed by atoms with Crippen LogP contribution < -0.4 is 5.32 Å². The Kier molecular flexibility index (Phi) is 7.00. The zero-order chi connectivity index (χ0) is 13.5. The molecule has 1 unspecified atom stereocenters. The molecule has 0 aromatic heterocycles. The van der Waals surface area contributed by atoms with Gasteiger partial charge < -0.3 is 10.1 Å². The summed E-state index contributed by atoms with van der Waals surface area (Å²) in [5.41, 5.74) is 0.495. The van der Waals surface area contributed by atoms with Gasteiger partial charge in [-0.3, -0.25) is 4.79 Å². The Labute approximate surface area is 125 Å². The van der Waals surface area contributed by atoms with Crippen molar-refractivity contribution in [2.45, 2.75) is 12.5 Å². The van der Waals surface area contributed by atoms with Crippen LogP contribution in [-0.2, 0) is 4.74 Å². The minimum Gasteiger partial charge on any atom is -0.385 e. The molecule has 1 aromatic carbocycles. The van der Waals surface area contributed by atoms with Gasteiger partial charge in [-0.25, -0.2) is 0 Å². The van der Waals surface area contributed by atoms with E-state index in [1.807, 2.05) is 0 Å².